The van der Waals surface area contributed by atoms with Crippen LogP contribution in [0.2, 0.25) is 0 Å². The van der Waals surface area contributed by atoms with E-state index < -0.39 is 5.91 Å². The number of carbonyl (C=O) groups excluding carboxylic acids is 2. The molecule has 2 aromatic carbocycles. The van der Waals surface area contributed by atoms with Gasteiger partial charge in [0.05, 0.1) is 11.0 Å². The number of imidazole rings is 1. The first-order chi connectivity index (χ1) is 13.5. The van der Waals surface area contributed by atoms with Crippen molar-refractivity contribution >= 4 is 23.0 Å². The average molecular weight is 379 g/mol. The van der Waals surface area contributed by atoms with Crippen LogP contribution in [-0.2, 0) is 17.9 Å². The topological polar surface area (TPSA) is 93.2 Å². The van der Waals surface area contributed by atoms with Crippen molar-refractivity contribution in [3.8, 4) is 0 Å². The van der Waals surface area contributed by atoms with E-state index in [4.69, 9.17) is 5.73 Å². The summed E-state index contributed by atoms with van der Waals surface area (Å²) in [5.41, 5.74) is 8.25. The van der Waals surface area contributed by atoms with Gasteiger partial charge in [-0.1, -0.05) is 42.5 Å². The molecule has 7 nitrogen and oxygen atoms in total. The van der Waals surface area contributed by atoms with Gasteiger partial charge in [-0.15, -0.1) is 0 Å². The Morgan fingerprint density at radius 2 is 1.82 bits per heavy atom. The van der Waals surface area contributed by atoms with Crippen LogP contribution in [0.25, 0.3) is 11.0 Å². The Morgan fingerprint density at radius 1 is 1.11 bits per heavy atom. The molecule has 146 valence electrons. The Hall–Kier alpha value is -3.35. The first kappa shape index (κ1) is 19.4. The maximum atomic E-state index is 12.7. The highest BCUT2D eigenvalue weighted by Crippen LogP contribution is 2.15. The van der Waals surface area contributed by atoms with Gasteiger partial charge in [-0.05, 0) is 24.6 Å². The van der Waals surface area contributed by atoms with Gasteiger partial charge in [-0.3, -0.25) is 4.79 Å². The summed E-state index contributed by atoms with van der Waals surface area (Å²) in [5.74, 6) is 0.483. The van der Waals surface area contributed by atoms with Crippen LogP contribution in [0.1, 0.15) is 17.8 Å². The van der Waals surface area contributed by atoms with Crippen LogP contribution >= 0.6 is 0 Å². The summed E-state index contributed by atoms with van der Waals surface area (Å²) in [6.07, 6.45) is 0.130. The van der Waals surface area contributed by atoms with E-state index in [-0.39, 0.29) is 19.0 Å². The van der Waals surface area contributed by atoms with Crippen molar-refractivity contribution in [1.29, 1.82) is 0 Å². The van der Waals surface area contributed by atoms with Gasteiger partial charge in [0.2, 0.25) is 5.91 Å². The van der Waals surface area contributed by atoms with E-state index in [1.807, 2.05) is 61.5 Å². The first-order valence-electron chi connectivity index (χ1n) is 9.31. The molecule has 0 aliphatic rings. The molecule has 3 N–H and O–H groups in total. The Bertz CT molecular complexity index is 952. The van der Waals surface area contributed by atoms with Gasteiger partial charge in [-0.25, -0.2) is 9.78 Å². The number of amides is 3. The van der Waals surface area contributed by atoms with Crippen LogP contribution in [0, 0.1) is 6.92 Å². The monoisotopic (exact) mass is 379 g/mol. The van der Waals surface area contributed by atoms with Gasteiger partial charge in [-0.2, -0.15) is 0 Å². The second kappa shape index (κ2) is 9.03. The average Bonchev–Trinajstić information content (AvgIpc) is 3.01. The molecule has 0 saturated carbocycles. The van der Waals surface area contributed by atoms with Gasteiger partial charge in [0, 0.05) is 32.6 Å². The van der Waals surface area contributed by atoms with Gasteiger partial charge in [0.25, 0.3) is 0 Å². The zero-order chi connectivity index (χ0) is 19.9. The van der Waals surface area contributed by atoms with Gasteiger partial charge in [0.15, 0.2) is 0 Å². The molecule has 3 aromatic rings. The number of benzene rings is 2. The highest BCUT2D eigenvalue weighted by molar-refractivity contribution is 5.77. The number of fused-ring (bicyclic) bond motifs is 1. The number of carbonyl (C=O) groups is 2. The molecule has 28 heavy (non-hydrogen) atoms. The minimum atomic E-state index is -0.425. The second-order valence-electron chi connectivity index (χ2n) is 6.65. The molecule has 0 radical (unpaired) electrons. The van der Waals surface area contributed by atoms with Crippen molar-refractivity contribution in [2.24, 2.45) is 5.73 Å². The van der Waals surface area contributed by atoms with Crippen LogP contribution < -0.4 is 11.1 Å². The van der Waals surface area contributed by atoms with E-state index in [0.717, 1.165) is 22.4 Å². The zero-order valence-corrected chi connectivity index (χ0v) is 16.0. The number of aryl methyl sites for hydroxylation is 1. The molecule has 0 fully saturated rings. The molecule has 1 heterocycles. The number of aromatic nitrogens is 2. The fourth-order valence-electron chi connectivity index (χ4n) is 3.17. The third kappa shape index (κ3) is 4.88. The summed E-state index contributed by atoms with van der Waals surface area (Å²) in [7, 11) is 0. The van der Waals surface area contributed by atoms with Crippen molar-refractivity contribution in [2.45, 2.75) is 26.4 Å². The summed E-state index contributed by atoms with van der Waals surface area (Å²) >= 11 is 0. The maximum absolute atomic E-state index is 12.7. The van der Waals surface area contributed by atoms with E-state index in [2.05, 4.69) is 14.9 Å². The zero-order valence-electron chi connectivity index (χ0n) is 16.0. The number of nitrogens with two attached hydrogens (primary N) is 1. The lowest BCUT2D eigenvalue weighted by Crippen LogP contribution is -2.42. The molecular weight excluding hydrogens is 354 g/mol. The Balaban J connectivity index is 1.62. The van der Waals surface area contributed by atoms with Crippen LogP contribution in [0.3, 0.4) is 0 Å². The number of rotatable bonds is 8. The van der Waals surface area contributed by atoms with Crippen molar-refractivity contribution in [2.75, 3.05) is 13.1 Å². The van der Waals surface area contributed by atoms with Gasteiger partial charge in [0.1, 0.15) is 5.82 Å². The maximum Gasteiger partial charge on any atom is 0.317 e. The SMILES string of the molecule is Cc1nc2ccccc2n1CCNC(=O)N(CCC(N)=O)Cc1ccccc1. The Morgan fingerprint density at radius 3 is 2.57 bits per heavy atom. The van der Waals surface area contributed by atoms with Crippen molar-refractivity contribution < 1.29 is 9.59 Å². The first-order valence-corrected chi connectivity index (χ1v) is 9.31. The molecule has 0 aliphatic carbocycles. The second-order valence-corrected chi connectivity index (χ2v) is 6.65. The smallest absolute Gasteiger partial charge is 0.317 e. The molecule has 0 atom stereocenters. The molecule has 0 aliphatic heterocycles. The molecule has 1 aromatic heterocycles. The third-order valence-electron chi connectivity index (χ3n) is 4.59. The number of urea groups is 1. The normalized spacial score (nSPS) is 10.8. The lowest BCUT2D eigenvalue weighted by molar-refractivity contribution is -0.118. The summed E-state index contributed by atoms with van der Waals surface area (Å²) in [6.45, 7) is 3.74. The van der Waals surface area contributed by atoms with E-state index in [1.54, 1.807) is 4.90 Å². The van der Waals surface area contributed by atoms with Crippen LogP contribution in [0.15, 0.2) is 54.6 Å². The standard InChI is InChI=1S/C21H25N5O2/c1-16-24-18-9-5-6-10-19(18)26(16)14-12-23-21(28)25(13-11-20(22)27)15-17-7-3-2-4-8-17/h2-10H,11-15H2,1H3,(H2,22,27)(H,23,28). The summed E-state index contributed by atoms with van der Waals surface area (Å²) < 4.78 is 2.08. The molecule has 0 saturated heterocycles. The van der Waals surface area contributed by atoms with Crippen LogP contribution in [0.5, 0.6) is 0 Å². The predicted molar refractivity (Wildman–Crippen MR) is 109 cm³/mol. The van der Waals surface area contributed by atoms with E-state index in [0.29, 0.717) is 19.6 Å². The third-order valence-corrected chi connectivity index (χ3v) is 4.59. The number of hydrogen-bond donors (Lipinski definition) is 2. The van der Waals surface area contributed by atoms with Crippen LogP contribution in [-0.4, -0.2) is 39.5 Å². The summed E-state index contributed by atoms with van der Waals surface area (Å²) in [5, 5.41) is 2.94. The van der Waals surface area contributed by atoms with Crippen molar-refractivity contribution in [3.05, 3.63) is 66.0 Å². The van der Waals surface area contributed by atoms with Gasteiger partial charge >= 0.3 is 6.03 Å². The van der Waals surface area contributed by atoms with E-state index in [9.17, 15) is 9.59 Å². The molecule has 7 heteroatoms. The number of hydrogen-bond acceptors (Lipinski definition) is 3. The number of primary amides is 1. The molecule has 0 bridgehead atoms. The lowest BCUT2D eigenvalue weighted by Gasteiger charge is -2.23. The lowest BCUT2D eigenvalue weighted by atomic mass is 10.2. The predicted octanol–water partition coefficient (Wildman–Crippen LogP) is 2.43. The molecule has 0 spiro atoms. The Labute approximate surface area is 164 Å². The number of nitrogens with zero attached hydrogens (tertiary/aromatic N) is 3. The Kier molecular flexibility index (Phi) is 6.26. The quantitative estimate of drug-likeness (QED) is 0.629. The highest BCUT2D eigenvalue weighted by Gasteiger charge is 2.15. The molecular formula is C21H25N5O2. The number of para-hydroxylation sites is 2. The highest BCUT2D eigenvalue weighted by atomic mass is 16.2. The fourth-order valence-corrected chi connectivity index (χ4v) is 3.17. The van der Waals surface area contributed by atoms with Crippen LogP contribution in [0.4, 0.5) is 4.79 Å². The summed E-state index contributed by atoms with van der Waals surface area (Å²) in [6, 6.07) is 17.4. The minimum Gasteiger partial charge on any atom is -0.370 e. The van der Waals surface area contributed by atoms with Crippen molar-refractivity contribution in [3.63, 3.8) is 0 Å². The largest absolute Gasteiger partial charge is 0.370 e. The minimum absolute atomic E-state index is 0.130. The van der Waals surface area contributed by atoms with Gasteiger partial charge < -0.3 is 20.5 Å². The summed E-state index contributed by atoms with van der Waals surface area (Å²) in [4.78, 5) is 30.0. The molecule has 3 rings (SSSR count). The van der Waals surface area contributed by atoms with E-state index in [1.165, 1.54) is 0 Å². The molecule has 3 amide bonds. The molecule has 0 unspecified atom stereocenters. The fraction of sp³-hybridized carbons (Fsp3) is 0.286. The van der Waals surface area contributed by atoms with Crippen molar-refractivity contribution in [1.82, 2.24) is 19.8 Å². The van der Waals surface area contributed by atoms with E-state index >= 15 is 0 Å². The number of nitrogens with one attached hydrogen (secondary N) is 1.